The van der Waals surface area contributed by atoms with Gasteiger partial charge in [-0.3, -0.25) is 0 Å². The van der Waals surface area contributed by atoms with Crippen LogP contribution in [-0.2, 0) is 5.60 Å². The van der Waals surface area contributed by atoms with Crippen molar-refractivity contribution >= 4 is 6.03 Å². The van der Waals surface area contributed by atoms with Gasteiger partial charge in [-0.15, -0.1) is 6.58 Å². The number of furan rings is 1. The molecule has 2 atom stereocenters. The maximum absolute atomic E-state index is 11.5. The largest absolute Gasteiger partial charge is 0.463 e. The van der Waals surface area contributed by atoms with Crippen LogP contribution in [0, 0.1) is 6.92 Å². The monoisotopic (exact) mass is 252 g/mol. The van der Waals surface area contributed by atoms with Crippen molar-refractivity contribution in [2.75, 3.05) is 6.54 Å². The zero-order valence-electron chi connectivity index (χ0n) is 11.0. The summed E-state index contributed by atoms with van der Waals surface area (Å²) in [5, 5.41) is 15.4. The molecule has 0 aromatic carbocycles. The second-order valence-corrected chi connectivity index (χ2v) is 4.54. The average molecular weight is 252 g/mol. The second kappa shape index (κ2) is 5.73. The summed E-state index contributed by atoms with van der Waals surface area (Å²) in [5.74, 6) is 1.15. The summed E-state index contributed by atoms with van der Waals surface area (Å²) in [6, 6.07) is 2.98. The number of aryl methyl sites for hydroxylation is 1. The number of carbonyl (C=O) groups excluding carboxylic acids is 1. The van der Waals surface area contributed by atoms with Crippen LogP contribution < -0.4 is 10.6 Å². The molecule has 5 heteroatoms. The van der Waals surface area contributed by atoms with Crippen LogP contribution in [0.25, 0.3) is 0 Å². The third-order valence-electron chi connectivity index (χ3n) is 2.58. The summed E-state index contributed by atoms with van der Waals surface area (Å²) in [7, 11) is 0. The second-order valence-electron chi connectivity index (χ2n) is 4.54. The normalized spacial score (nSPS) is 15.6. The molecule has 0 aliphatic rings. The number of hydrogen-bond donors (Lipinski definition) is 3. The van der Waals surface area contributed by atoms with Gasteiger partial charge in [-0.2, -0.15) is 0 Å². The summed E-state index contributed by atoms with van der Waals surface area (Å²) >= 11 is 0. The van der Waals surface area contributed by atoms with Crippen molar-refractivity contribution in [3.63, 3.8) is 0 Å². The summed E-state index contributed by atoms with van der Waals surface area (Å²) in [6.45, 7) is 8.82. The molecule has 1 aromatic heterocycles. The molecule has 0 spiro atoms. The Morgan fingerprint density at radius 3 is 2.83 bits per heavy atom. The van der Waals surface area contributed by atoms with Gasteiger partial charge in [0, 0.05) is 6.04 Å². The van der Waals surface area contributed by atoms with Crippen molar-refractivity contribution < 1.29 is 14.3 Å². The van der Waals surface area contributed by atoms with Gasteiger partial charge in [0.1, 0.15) is 17.1 Å². The van der Waals surface area contributed by atoms with Crippen LogP contribution in [-0.4, -0.2) is 23.7 Å². The van der Waals surface area contributed by atoms with E-state index >= 15 is 0 Å². The maximum atomic E-state index is 11.5. The number of nitrogens with one attached hydrogen (secondary N) is 2. The van der Waals surface area contributed by atoms with Gasteiger partial charge in [-0.1, -0.05) is 6.08 Å². The standard InChI is InChI=1S/C13H20N2O3/c1-5-9(2)15-12(16)14-8-13(4,17)11-7-6-10(3)18-11/h5-7,9,17H,1,8H2,2-4H3,(H2,14,15,16). The van der Waals surface area contributed by atoms with E-state index in [0.717, 1.165) is 5.76 Å². The highest BCUT2D eigenvalue weighted by Crippen LogP contribution is 2.21. The minimum atomic E-state index is -1.23. The molecule has 1 rings (SSSR count). The molecule has 0 bridgehead atoms. The van der Waals surface area contributed by atoms with Gasteiger partial charge >= 0.3 is 6.03 Å². The van der Waals surface area contributed by atoms with Gasteiger partial charge in [-0.05, 0) is 32.9 Å². The highest BCUT2D eigenvalue weighted by molar-refractivity contribution is 5.74. The molecule has 0 aliphatic carbocycles. The highest BCUT2D eigenvalue weighted by Gasteiger charge is 2.27. The molecule has 0 saturated heterocycles. The zero-order chi connectivity index (χ0) is 13.8. The van der Waals surface area contributed by atoms with Crippen LogP contribution in [0.3, 0.4) is 0 Å². The van der Waals surface area contributed by atoms with Gasteiger partial charge in [0.25, 0.3) is 0 Å². The zero-order valence-corrected chi connectivity index (χ0v) is 11.0. The van der Waals surface area contributed by atoms with E-state index in [1.807, 2.05) is 0 Å². The Morgan fingerprint density at radius 2 is 2.33 bits per heavy atom. The van der Waals surface area contributed by atoms with Gasteiger partial charge in [0.2, 0.25) is 0 Å². The molecule has 0 fully saturated rings. The lowest BCUT2D eigenvalue weighted by Crippen LogP contribution is -2.45. The predicted molar refractivity (Wildman–Crippen MR) is 69.2 cm³/mol. The number of hydrogen-bond acceptors (Lipinski definition) is 3. The van der Waals surface area contributed by atoms with Crippen molar-refractivity contribution in [1.29, 1.82) is 0 Å². The molecule has 100 valence electrons. The Morgan fingerprint density at radius 1 is 1.67 bits per heavy atom. The summed E-state index contributed by atoms with van der Waals surface area (Å²) in [6.07, 6.45) is 1.62. The lowest BCUT2D eigenvalue weighted by Gasteiger charge is -2.22. The van der Waals surface area contributed by atoms with E-state index < -0.39 is 5.60 Å². The van der Waals surface area contributed by atoms with E-state index in [-0.39, 0.29) is 18.6 Å². The molecule has 3 N–H and O–H groups in total. The maximum Gasteiger partial charge on any atom is 0.315 e. The molecule has 0 radical (unpaired) electrons. The Hall–Kier alpha value is -1.75. The van der Waals surface area contributed by atoms with E-state index in [2.05, 4.69) is 17.2 Å². The fraction of sp³-hybridized carbons (Fsp3) is 0.462. The van der Waals surface area contributed by atoms with Crippen molar-refractivity contribution in [2.24, 2.45) is 0 Å². The lowest BCUT2D eigenvalue weighted by molar-refractivity contribution is 0.0359. The summed E-state index contributed by atoms with van der Waals surface area (Å²) in [4.78, 5) is 11.5. The first-order valence-corrected chi connectivity index (χ1v) is 5.81. The van der Waals surface area contributed by atoms with Gasteiger partial charge in [0.05, 0.1) is 6.54 Å². The van der Waals surface area contributed by atoms with Crippen molar-refractivity contribution in [1.82, 2.24) is 10.6 Å². The Bertz CT molecular complexity index is 424. The fourth-order valence-electron chi connectivity index (χ4n) is 1.38. The van der Waals surface area contributed by atoms with Crippen molar-refractivity contribution in [2.45, 2.75) is 32.4 Å². The van der Waals surface area contributed by atoms with Crippen LogP contribution in [0.4, 0.5) is 4.79 Å². The molecular weight excluding hydrogens is 232 g/mol. The average Bonchev–Trinajstić information content (AvgIpc) is 2.74. The van der Waals surface area contributed by atoms with Gasteiger partial charge < -0.3 is 20.2 Å². The van der Waals surface area contributed by atoms with E-state index in [0.29, 0.717) is 5.76 Å². The van der Waals surface area contributed by atoms with Crippen LogP contribution in [0.15, 0.2) is 29.2 Å². The van der Waals surface area contributed by atoms with Crippen molar-refractivity contribution in [3.8, 4) is 0 Å². The minimum Gasteiger partial charge on any atom is -0.463 e. The predicted octanol–water partition coefficient (Wildman–Crippen LogP) is 1.67. The quantitative estimate of drug-likeness (QED) is 0.698. The Labute approximate surface area is 107 Å². The van der Waals surface area contributed by atoms with E-state index in [1.54, 1.807) is 39.0 Å². The first-order valence-electron chi connectivity index (χ1n) is 5.81. The van der Waals surface area contributed by atoms with Gasteiger partial charge in [0.15, 0.2) is 0 Å². The highest BCUT2D eigenvalue weighted by atomic mass is 16.4. The van der Waals surface area contributed by atoms with Crippen molar-refractivity contribution in [3.05, 3.63) is 36.3 Å². The minimum absolute atomic E-state index is 0.0651. The van der Waals surface area contributed by atoms with E-state index in [9.17, 15) is 9.90 Å². The molecular formula is C13H20N2O3. The molecule has 1 heterocycles. The third kappa shape index (κ3) is 3.92. The smallest absolute Gasteiger partial charge is 0.315 e. The molecule has 0 aliphatic heterocycles. The molecule has 2 unspecified atom stereocenters. The van der Waals surface area contributed by atoms with Gasteiger partial charge in [-0.25, -0.2) is 4.79 Å². The van der Waals surface area contributed by atoms with E-state index in [1.165, 1.54) is 0 Å². The number of carbonyl (C=O) groups is 1. The molecule has 2 amide bonds. The first-order chi connectivity index (χ1) is 8.35. The van der Waals surface area contributed by atoms with Crippen LogP contribution in [0.1, 0.15) is 25.4 Å². The SMILES string of the molecule is C=CC(C)NC(=O)NCC(C)(O)c1ccc(C)o1. The Kier molecular flexibility index (Phi) is 4.55. The fourth-order valence-corrected chi connectivity index (χ4v) is 1.38. The Balaban J connectivity index is 2.51. The summed E-state index contributed by atoms with van der Waals surface area (Å²) in [5.41, 5.74) is -1.23. The molecule has 0 saturated carbocycles. The number of amides is 2. The van der Waals surface area contributed by atoms with E-state index in [4.69, 9.17) is 4.42 Å². The third-order valence-corrected chi connectivity index (χ3v) is 2.58. The van der Waals surface area contributed by atoms with Crippen LogP contribution in [0.2, 0.25) is 0 Å². The molecule has 1 aromatic rings. The van der Waals surface area contributed by atoms with Crippen LogP contribution in [0.5, 0.6) is 0 Å². The number of aliphatic hydroxyl groups is 1. The molecule has 18 heavy (non-hydrogen) atoms. The lowest BCUT2D eigenvalue weighted by atomic mass is 10.0. The number of rotatable bonds is 5. The summed E-state index contributed by atoms with van der Waals surface area (Å²) < 4.78 is 5.34. The number of urea groups is 1. The first kappa shape index (κ1) is 14.3. The van der Waals surface area contributed by atoms with Crippen LogP contribution >= 0.6 is 0 Å². The topological polar surface area (TPSA) is 74.5 Å². The molecule has 5 nitrogen and oxygen atoms in total.